The monoisotopic (exact) mass is 165 g/mol. The van der Waals surface area contributed by atoms with E-state index in [9.17, 15) is 0 Å². The molecule has 0 saturated carbocycles. The molecule has 1 aromatic rings. The van der Waals surface area contributed by atoms with Gasteiger partial charge < -0.3 is 10.8 Å². The van der Waals surface area contributed by atoms with Crippen LogP contribution in [0.1, 0.15) is 29.7 Å². The first-order chi connectivity index (χ1) is 5.65. The first kappa shape index (κ1) is 9.23. The van der Waals surface area contributed by atoms with Crippen LogP contribution >= 0.6 is 0 Å². The zero-order valence-electron chi connectivity index (χ0n) is 7.54. The maximum absolute atomic E-state index is 9.00. The normalized spacial score (nSPS) is 13.0. The quantitative estimate of drug-likeness (QED) is 0.697. The molecule has 0 aliphatic rings. The molecular formula is C10H15NO. The smallest absolute Gasteiger partial charge is 0.0685 e. The average molecular weight is 165 g/mol. The molecule has 0 aliphatic carbocycles. The Hall–Kier alpha value is -0.860. The van der Waals surface area contributed by atoms with Gasteiger partial charge >= 0.3 is 0 Å². The highest BCUT2D eigenvalue weighted by Crippen LogP contribution is 2.17. The fourth-order valence-corrected chi connectivity index (χ4v) is 1.28. The van der Waals surface area contributed by atoms with E-state index in [1.807, 2.05) is 32.0 Å². The highest BCUT2D eigenvalue weighted by Gasteiger charge is 2.05. The minimum absolute atomic E-state index is 0.00736. The fourth-order valence-electron chi connectivity index (χ4n) is 1.28. The van der Waals surface area contributed by atoms with Crippen LogP contribution < -0.4 is 5.73 Å². The molecule has 1 atom stereocenters. The largest absolute Gasteiger partial charge is 0.392 e. The topological polar surface area (TPSA) is 46.2 Å². The number of rotatable bonds is 2. The Morgan fingerprint density at radius 1 is 1.50 bits per heavy atom. The Balaban J connectivity index is 3.12. The summed E-state index contributed by atoms with van der Waals surface area (Å²) in [5, 5.41) is 9.00. The minimum atomic E-state index is -0.00736. The Bertz CT molecular complexity index is 269. The second kappa shape index (κ2) is 3.70. The van der Waals surface area contributed by atoms with Crippen molar-refractivity contribution in [3.8, 4) is 0 Å². The van der Waals surface area contributed by atoms with Crippen LogP contribution in [0.25, 0.3) is 0 Å². The van der Waals surface area contributed by atoms with Crippen molar-refractivity contribution in [1.29, 1.82) is 0 Å². The summed E-state index contributed by atoms with van der Waals surface area (Å²) in [6, 6.07) is 5.92. The molecule has 2 heteroatoms. The van der Waals surface area contributed by atoms with Gasteiger partial charge in [0.1, 0.15) is 0 Å². The first-order valence-electron chi connectivity index (χ1n) is 4.11. The molecule has 2 nitrogen and oxygen atoms in total. The molecule has 0 radical (unpaired) electrons. The summed E-state index contributed by atoms with van der Waals surface area (Å²) in [6.07, 6.45) is 0. The summed E-state index contributed by atoms with van der Waals surface area (Å²) in [5.74, 6) is 0. The molecule has 0 fully saturated rings. The van der Waals surface area contributed by atoms with Crippen LogP contribution in [-0.2, 0) is 6.61 Å². The van der Waals surface area contributed by atoms with Gasteiger partial charge in [-0.15, -0.1) is 0 Å². The number of benzene rings is 1. The summed E-state index contributed by atoms with van der Waals surface area (Å²) in [5.41, 5.74) is 8.89. The van der Waals surface area contributed by atoms with E-state index in [0.29, 0.717) is 0 Å². The lowest BCUT2D eigenvalue weighted by Gasteiger charge is -2.11. The summed E-state index contributed by atoms with van der Waals surface area (Å²) >= 11 is 0. The van der Waals surface area contributed by atoms with E-state index in [4.69, 9.17) is 10.8 Å². The second-order valence-corrected chi connectivity index (χ2v) is 3.15. The van der Waals surface area contributed by atoms with Crippen molar-refractivity contribution >= 4 is 0 Å². The van der Waals surface area contributed by atoms with Crippen molar-refractivity contribution < 1.29 is 5.11 Å². The van der Waals surface area contributed by atoms with Gasteiger partial charge in [0.05, 0.1) is 6.61 Å². The number of aliphatic hydroxyl groups excluding tert-OH is 1. The fraction of sp³-hybridized carbons (Fsp3) is 0.400. The van der Waals surface area contributed by atoms with Crippen LogP contribution in [0.3, 0.4) is 0 Å². The van der Waals surface area contributed by atoms with Crippen LogP contribution in [0.5, 0.6) is 0 Å². The van der Waals surface area contributed by atoms with E-state index in [1.54, 1.807) is 0 Å². The lowest BCUT2D eigenvalue weighted by atomic mass is 10.0. The Labute approximate surface area is 73.0 Å². The third kappa shape index (κ3) is 1.84. The summed E-state index contributed by atoms with van der Waals surface area (Å²) < 4.78 is 0. The van der Waals surface area contributed by atoms with E-state index in [-0.39, 0.29) is 12.6 Å². The summed E-state index contributed by atoms with van der Waals surface area (Å²) in [6.45, 7) is 4.01. The van der Waals surface area contributed by atoms with E-state index in [1.165, 1.54) is 5.56 Å². The highest BCUT2D eigenvalue weighted by molar-refractivity contribution is 5.32. The molecule has 3 N–H and O–H groups in total. The lowest BCUT2D eigenvalue weighted by Crippen LogP contribution is -2.08. The second-order valence-electron chi connectivity index (χ2n) is 3.15. The molecule has 0 spiro atoms. The van der Waals surface area contributed by atoms with Gasteiger partial charge in [0.2, 0.25) is 0 Å². The highest BCUT2D eigenvalue weighted by atomic mass is 16.3. The molecule has 0 heterocycles. The van der Waals surface area contributed by atoms with Crippen molar-refractivity contribution in [3.63, 3.8) is 0 Å². The van der Waals surface area contributed by atoms with Crippen molar-refractivity contribution in [2.45, 2.75) is 26.5 Å². The van der Waals surface area contributed by atoms with Gasteiger partial charge in [0.15, 0.2) is 0 Å². The van der Waals surface area contributed by atoms with Crippen molar-refractivity contribution in [2.75, 3.05) is 0 Å². The molecule has 0 saturated heterocycles. The molecule has 0 aromatic heterocycles. The summed E-state index contributed by atoms with van der Waals surface area (Å²) in [4.78, 5) is 0. The molecule has 0 unspecified atom stereocenters. The van der Waals surface area contributed by atoms with E-state index < -0.39 is 0 Å². The number of aliphatic hydroxyl groups is 1. The number of nitrogens with two attached hydrogens (primary N) is 1. The van der Waals surface area contributed by atoms with Crippen molar-refractivity contribution in [3.05, 3.63) is 34.9 Å². The Kier molecular flexibility index (Phi) is 2.84. The maximum Gasteiger partial charge on any atom is 0.0685 e. The van der Waals surface area contributed by atoms with Gasteiger partial charge in [-0.05, 0) is 25.0 Å². The van der Waals surface area contributed by atoms with Gasteiger partial charge in [0, 0.05) is 6.04 Å². The molecular weight excluding hydrogens is 150 g/mol. The number of hydrogen-bond donors (Lipinski definition) is 2. The molecule has 0 aliphatic heterocycles. The Morgan fingerprint density at radius 3 is 2.67 bits per heavy atom. The van der Waals surface area contributed by atoms with E-state index >= 15 is 0 Å². The van der Waals surface area contributed by atoms with Crippen LogP contribution in [0.4, 0.5) is 0 Å². The zero-order chi connectivity index (χ0) is 9.14. The molecule has 1 aromatic carbocycles. The number of hydrogen-bond acceptors (Lipinski definition) is 2. The minimum Gasteiger partial charge on any atom is -0.392 e. The summed E-state index contributed by atoms with van der Waals surface area (Å²) in [7, 11) is 0. The SMILES string of the molecule is Cc1ccc(CO)c([C@H](C)N)c1. The van der Waals surface area contributed by atoms with Gasteiger partial charge in [-0.3, -0.25) is 0 Å². The van der Waals surface area contributed by atoms with Crippen LogP contribution in [0.15, 0.2) is 18.2 Å². The molecule has 1 rings (SSSR count). The lowest BCUT2D eigenvalue weighted by molar-refractivity contribution is 0.280. The third-order valence-electron chi connectivity index (χ3n) is 1.96. The maximum atomic E-state index is 9.00. The van der Waals surface area contributed by atoms with Crippen molar-refractivity contribution in [2.24, 2.45) is 5.73 Å². The van der Waals surface area contributed by atoms with Gasteiger partial charge in [-0.1, -0.05) is 23.8 Å². The van der Waals surface area contributed by atoms with Crippen LogP contribution in [0, 0.1) is 6.92 Å². The predicted molar refractivity (Wildman–Crippen MR) is 49.7 cm³/mol. The number of aryl methyl sites for hydroxylation is 1. The van der Waals surface area contributed by atoms with E-state index in [2.05, 4.69) is 0 Å². The molecule has 12 heavy (non-hydrogen) atoms. The first-order valence-corrected chi connectivity index (χ1v) is 4.11. The molecule has 0 amide bonds. The van der Waals surface area contributed by atoms with E-state index in [0.717, 1.165) is 11.1 Å². The zero-order valence-corrected chi connectivity index (χ0v) is 7.54. The standard InChI is InChI=1S/C10H15NO/c1-7-3-4-9(6-12)10(5-7)8(2)11/h3-5,8,12H,6,11H2,1-2H3/t8-/m0/s1. The van der Waals surface area contributed by atoms with Crippen molar-refractivity contribution in [1.82, 2.24) is 0 Å². The van der Waals surface area contributed by atoms with Gasteiger partial charge in [-0.2, -0.15) is 0 Å². The average Bonchev–Trinajstić information content (AvgIpc) is 2.04. The predicted octanol–water partition coefficient (Wildman–Crippen LogP) is 1.51. The van der Waals surface area contributed by atoms with Crippen LogP contribution in [-0.4, -0.2) is 5.11 Å². The Morgan fingerprint density at radius 2 is 2.17 bits per heavy atom. The molecule has 66 valence electrons. The van der Waals surface area contributed by atoms with Gasteiger partial charge in [-0.25, -0.2) is 0 Å². The van der Waals surface area contributed by atoms with Gasteiger partial charge in [0.25, 0.3) is 0 Å². The molecule has 0 bridgehead atoms. The third-order valence-corrected chi connectivity index (χ3v) is 1.96. The van der Waals surface area contributed by atoms with Crippen LogP contribution in [0.2, 0.25) is 0 Å².